The molecule has 0 fully saturated rings. The van der Waals surface area contributed by atoms with Gasteiger partial charge in [0.05, 0.1) is 11.6 Å². The monoisotopic (exact) mass is 369 g/mol. The van der Waals surface area contributed by atoms with Crippen molar-refractivity contribution in [3.05, 3.63) is 29.5 Å². The minimum atomic E-state index is -0.241. The van der Waals surface area contributed by atoms with Crippen LogP contribution in [0.5, 0.6) is 0 Å². The molecule has 3 aromatic heterocycles. The summed E-state index contributed by atoms with van der Waals surface area (Å²) >= 11 is 0. The Labute approximate surface area is 156 Å². The van der Waals surface area contributed by atoms with Gasteiger partial charge in [0.25, 0.3) is 5.91 Å². The Hall–Kier alpha value is -2.88. The van der Waals surface area contributed by atoms with Crippen LogP contribution in [0.25, 0.3) is 11.2 Å². The SMILES string of the molecule is CC(C)C(NC(=O)c1cnc2c(c1)nnn2C)c1nnc2n1CCNCC2. The van der Waals surface area contributed by atoms with Gasteiger partial charge in [-0.3, -0.25) is 4.79 Å². The lowest BCUT2D eigenvalue weighted by Crippen LogP contribution is -2.34. The van der Waals surface area contributed by atoms with E-state index >= 15 is 0 Å². The van der Waals surface area contributed by atoms with Crippen LogP contribution in [0.4, 0.5) is 0 Å². The third-order valence-electron chi connectivity index (χ3n) is 4.83. The van der Waals surface area contributed by atoms with Gasteiger partial charge in [0, 0.05) is 39.3 Å². The molecule has 27 heavy (non-hydrogen) atoms. The molecule has 4 heterocycles. The predicted molar refractivity (Wildman–Crippen MR) is 97.9 cm³/mol. The summed E-state index contributed by atoms with van der Waals surface area (Å²) in [6.45, 7) is 6.67. The lowest BCUT2D eigenvalue weighted by atomic mass is 10.0. The number of pyridine rings is 1. The number of aromatic nitrogens is 7. The number of carbonyl (C=O) groups excluding carboxylic acids is 1. The molecule has 4 rings (SSSR count). The molecule has 3 aromatic rings. The maximum Gasteiger partial charge on any atom is 0.253 e. The van der Waals surface area contributed by atoms with Crippen LogP contribution >= 0.6 is 0 Å². The van der Waals surface area contributed by atoms with Gasteiger partial charge < -0.3 is 15.2 Å². The van der Waals surface area contributed by atoms with Crippen molar-refractivity contribution in [1.82, 2.24) is 45.4 Å². The van der Waals surface area contributed by atoms with Crippen molar-refractivity contribution in [3.63, 3.8) is 0 Å². The Balaban J connectivity index is 1.61. The maximum absolute atomic E-state index is 12.9. The third kappa shape index (κ3) is 3.27. The summed E-state index contributed by atoms with van der Waals surface area (Å²) in [6, 6.07) is 1.46. The van der Waals surface area contributed by atoms with Crippen molar-refractivity contribution in [2.45, 2.75) is 32.9 Å². The van der Waals surface area contributed by atoms with E-state index in [1.165, 1.54) is 0 Å². The Bertz CT molecular complexity index is 974. The van der Waals surface area contributed by atoms with Crippen LogP contribution in [0.3, 0.4) is 0 Å². The van der Waals surface area contributed by atoms with Gasteiger partial charge in [0.15, 0.2) is 11.5 Å². The number of fused-ring (bicyclic) bond motifs is 2. The van der Waals surface area contributed by atoms with E-state index in [0.29, 0.717) is 16.7 Å². The number of nitrogens with one attached hydrogen (secondary N) is 2. The molecule has 1 unspecified atom stereocenters. The van der Waals surface area contributed by atoms with Crippen LogP contribution in [-0.4, -0.2) is 53.7 Å². The van der Waals surface area contributed by atoms with E-state index in [2.05, 4.69) is 54.5 Å². The molecule has 1 amide bonds. The molecule has 0 saturated carbocycles. The van der Waals surface area contributed by atoms with Crippen molar-refractivity contribution in [2.75, 3.05) is 13.1 Å². The Morgan fingerprint density at radius 3 is 2.93 bits per heavy atom. The summed E-state index contributed by atoms with van der Waals surface area (Å²) in [5.41, 5.74) is 1.68. The first-order chi connectivity index (χ1) is 13.0. The minimum Gasteiger partial charge on any atom is -0.342 e. The minimum absolute atomic E-state index is 0.159. The number of nitrogens with zero attached hydrogens (tertiary/aromatic N) is 7. The summed E-state index contributed by atoms with van der Waals surface area (Å²) < 4.78 is 3.70. The zero-order valence-corrected chi connectivity index (χ0v) is 15.7. The highest BCUT2D eigenvalue weighted by Gasteiger charge is 2.27. The first kappa shape index (κ1) is 17.5. The van der Waals surface area contributed by atoms with Gasteiger partial charge in [-0.2, -0.15) is 0 Å². The van der Waals surface area contributed by atoms with Crippen LogP contribution < -0.4 is 10.6 Å². The number of hydrogen-bond acceptors (Lipinski definition) is 7. The van der Waals surface area contributed by atoms with Gasteiger partial charge in [-0.1, -0.05) is 19.1 Å². The molecule has 10 heteroatoms. The highest BCUT2D eigenvalue weighted by atomic mass is 16.1. The second-order valence-electron chi connectivity index (χ2n) is 7.10. The van der Waals surface area contributed by atoms with E-state index in [0.717, 1.165) is 37.7 Å². The van der Waals surface area contributed by atoms with E-state index in [4.69, 9.17) is 0 Å². The zero-order chi connectivity index (χ0) is 19.0. The van der Waals surface area contributed by atoms with Gasteiger partial charge in [0.2, 0.25) is 0 Å². The summed E-state index contributed by atoms with van der Waals surface area (Å²) in [6.07, 6.45) is 2.38. The molecule has 2 N–H and O–H groups in total. The molecule has 10 nitrogen and oxygen atoms in total. The fourth-order valence-corrected chi connectivity index (χ4v) is 3.33. The largest absolute Gasteiger partial charge is 0.342 e. The number of amides is 1. The highest BCUT2D eigenvalue weighted by molar-refractivity contribution is 5.96. The Kier molecular flexibility index (Phi) is 4.56. The average Bonchev–Trinajstić information content (AvgIpc) is 3.14. The van der Waals surface area contributed by atoms with Crippen LogP contribution in [0, 0.1) is 5.92 Å². The van der Waals surface area contributed by atoms with Crippen LogP contribution in [0.15, 0.2) is 12.3 Å². The molecule has 0 saturated heterocycles. The van der Waals surface area contributed by atoms with Crippen LogP contribution in [0.1, 0.15) is 41.9 Å². The van der Waals surface area contributed by atoms with E-state index in [1.54, 1.807) is 24.0 Å². The summed E-state index contributed by atoms with van der Waals surface area (Å²) in [5, 5.41) is 23.1. The quantitative estimate of drug-likeness (QED) is 0.676. The lowest BCUT2D eigenvalue weighted by Gasteiger charge is -2.22. The number of hydrogen-bond donors (Lipinski definition) is 2. The molecule has 0 aliphatic carbocycles. The molecule has 1 aliphatic heterocycles. The fourth-order valence-electron chi connectivity index (χ4n) is 3.33. The van der Waals surface area contributed by atoms with E-state index < -0.39 is 0 Å². The first-order valence-electron chi connectivity index (χ1n) is 9.13. The van der Waals surface area contributed by atoms with Gasteiger partial charge in [-0.25, -0.2) is 9.67 Å². The van der Waals surface area contributed by atoms with Crippen molar-refractivity contribution in [1.29, 1.82) is 0 Å². The van der Waals surface area contributed by atoms with E-state index in [-0.39, 0.29) is 17.9 Å². The molecular weight excluding hydrogens is 346 g/mol. The van der Waals surface area contributed by atoms with Crippen LogP contribution in [-0.2, 0) is 20.0 Å². The summed E-state index contributed by atoms with van der Waals surface area (Å²) in [4.78, 5) is 17.2. The van der Waals surface area contributed by atoms with Gasteiger partial charge >= 0.3 is 0 Å². The molecule has 0 spiro atoms. The van der Waals surface area contributed by atoms with E-state index in [9.17, 15) is 4.79 Å². The van der Waals surface area contributed by atoms with Gasteiger partial charge in [-0.05, 0) is 12.0 Å². The van der Waals surface area contributed by atoms with Crippen molar-refractivity contribution < 1.29 is 4.79 Å². The molecule has 0 bridgehead atoms. The standard InChI is InChI=1S/C17H23N9O/c1-10(2)14(16-23-22-13-4-5-18-6-7-26(13)16)20-17(27)11-8-12-15(19-9-11)25(3)24-21-12/h8-10,14,18H,4-7H2,1-3H3,(H,20,27). The van der Waals surface area contributed by atoms with Crippen molar-refractivity contribution in [3.8, 4) is 0 Å². The number of aryl methyl sites for hydroxylation is 1. The lowest BCUT2D eigenvalue weighted by molar-refractivity contribution is 0.0921. The molecular formula is C17H23N9O. The van der Waals surface area contributed by atoms with Gasteiger partial charge in [0.1, 0.15) is 11.3 Å². The highest BCUT2D eigenvalue weighted by Crippen LogP contribution is 2.22. The van der Waals surface area contributed by atoms with E-state index in [1.807, 2.05) is 0 Å². The fraction of sp³-hybridized carbons (Fsp3) is 0.529. The average molecular weight is 369 g/mol. The maximum atomic E-state index is 12.9. The normalized spacial score (nSPS) is 15.6. The van der Waals surface area contributed by atoms with Crippen molar-refractivity contribution in [2.24, 2.45) is 13.0 Å². The zero-order valence-electron chi connectivity index (χ0n) is 15.7. The topological polar surface area (TPSA) is 115 Å². The summed E-state index contributed by atoms with van der Waals surface area (Å²) in [5.74, 6) is 1.70. The molecule has 1 atom stereocenters. The number of rotatable bonds is 4. The third-order valence-corrected chi connectivity index (χ3v) is 4.83. The van der Waals surface area contributed by atoms with Crippen molar-refractivity contribution >= 4 is 17.1 Å². The Morgan fingerprint density at radius 2 is 2.11 bits per heavy atom. The molecule has 0 aromatic carbocycles. The predicted octanol–water partition coefficient (Wildman–Crippen LogP) is 0.228. The van der Waals surface area contributed by atoms with Crippen LogP contribution in [0.2, 0.25) is 0 Å². The smallest absolute Gasteiger partial charge is 0.253 e. The second-order valence-corrected chi connectivity index (χ2v) is 7.10. The van der Waals surface area contributed by atoms with Gasteiger partial charge in [-0.15, -0.1) is 15.3 Å². The molecule has 0 radical (unpaired) electrons. The molecule has 1 aliphatic rings. The molecule has 142 valence electrons. The second kappa shape index (κ2) is 7.03. The number of carbonyl (C=O) groups is 1. The first-order valence-corrected chi connectivity index (χ1v) is 9.13. The summed E-state index contributed by atoms with van der Waals surface area (Å²) in [7, 11) is 1.77. The Morgan fingerprint density at radius 1 is 1.26 bits per heavy atom.